The Kier molecular flexibility index (Phi) is 5.15. The van der Waals surface area contributed by atoms with Crippen LogP contribution in [0.4, 0.5) is 18.9 Å². The Morgan fingerprint density at radius 2 is 1.58 bits per heavy atom. The van der Waals surface area contributed by atoms with E-state index in [4.69, 9.17) is 5.11 Å². The second-order valence-electron chi connectivity index (χ2n) is 5.32. The standard InChI is InChI=1S/C18H12F3NO3S/c19-11-3-1-10(2-4-11)15-16(26-8-7-23)18(25)22(17(15)24)14-9-12(20)5-6-13(14)21/h1-6,9,23H,7-8H2. The predicted molar refractivity (Wildman–Crippen MR) is 91.7 cm³/mol. The Balaban J connectivity index is 2.11. The van der Waals surface area contributed by atoms with E-state index in [1.165, 1.54) is 12.1 Å². The van der Waals surface area contributed by atoms with Gasteiger partial charge in [-0.05, 0) is 29.8 Å². The van der Waals surface area contributed by atoms with Crippen LogP contribution in [0.15, 0.2) is 47.4 Å². The average molecular weight is 379 g/mol. The second kappa shape index (κ2) is 7.35. The Hall–Kier alpha value is -2.58. The summed E-state index contributed by atoms with van der Waals surface area (Å²) in [5, 5.41) is 9.02. The van der Waals surface area contributed by atoms with E-state index >= 15 is 0 Å². The molecule has 26 heavy (non-hydrogen) atoms. The molecule has 2 amide bonds. The van der Waals surface area contributed by atoms with Crippen LogP contribution >= 0.6 is 11.8 Å². The number of halogens is 3. The molecule has 0 fully saturated rings. The minimum absolute atomic E-state index is 0.0145. The lowest BCUT2D eigenvalue weighted by Crippen LogP contribution is -2.32. The highest BCUT2D eigenvalue weighted by Crippen LogP contribution is 2.39. The minimum Gasteiger partial charge on any atom is -0.396 e. The summed E-state index contributed by atoms with van der Waals surface area (Å²) >= 11 is 0.919. The van der Waals surface area contributed by atoms with Gasteiger partial charge in [0.15, 0.2) is 0 Å². The van der Waals surface area contributed by atoms with E-state index in [-0.39, 0.29) is 28.4 Å². The van der Waals surface area contributed by atoms with Crippen molar-refractivity contribution in [3.8, 4) is 0 Å². The van der Waals surface area contributed by atoms with Crippen LogP contribution in [-0.2, 0) is 9.59 Å². The fourth-order valence-electron chi connectivity index (χ4n) is 2.54. The lowest BCUT2D eigenvalue weighted by molar-refractivity contribution is -0.119. The van der Waals surface area contributed by atoms with Crippen LogP contribution in [-0.4, -0.2) is 29.3 Å². The number of thioether (sulfide) groups is 1. The molecule has 8 heteroatoms. The molecule has 4 nitrogen and oxygen atoms in total. The highest BCUT2D eigenvalue weighted by Gasteiger charge is 2.41. The van der Waals surface area contributed by atoms with Crippen molar-refractivity contribution in [3.63, 3.8) is 0 Å². The molecule has 3 rings (SSSR count). The monoisotopic (exact) mass is 379 g/mol. The van der Waals surface area contributed by atoms with Gasteiger partial charge in [-0.25, -0.2) is 18.1 Å². The number of aliphatic hydroxyl groups excluding tert-OH is 1. The Morgan fingerprint density at radius 1 is 0.923 bits per heavy atom. The third kappa shape index (κ3) is 3.25. The average Bonchev–Trinajstić information content (AvgIpc) is 2.86. The molecular formula is C18H12F3NO3S. The molecule has 0 spiro atoms. The van der Waals surface area contributed by atoms with Gasteiger partial charge in [-0.15, -0.1) is 11.8 Å². The van der Waals surface area contributed by atoms with Crippen molar-refractivity contribution in [3.05, 3.63) is 70.4 Å². The Bertz CT molecular complexity index is 912. The number of imide groups is 1. The summed E-state index contributed by atoms with van der Waals surface area (Å²) in [7, 11) is 0. The third-order valence-electron chi connectivity index (χ3n) is 3.66. The van der Waals surface area contributed by atoms with Crippen molar-refractivity contribution >= 4 is 34.8 Å². The summed E-state index contributed by atoms with van der Waals surface area (Å²) in [5.41, 5.74) is -0.277. The molecule has 1 N–H and O–H groups in total. The summed E-state index contributed by atoms with van der Waals surface area (Å²) in [6, 6.07) is 7.34. The normalized spacial score (nSPS) is 14.5. The number of benzene rings is 2. The molecule has 0 aromatic heterocycles. The van der Waals surface area contributed by atoms with Crippen molar-refractivity contribution < 1.29 is 27.9 Å². The van der Waals surface area contributed by atoms with Crippen molar-refractivity contribution in [1.29, 1.82) is 0 Å². The molecule has 0 aliphatic carbocycles. The largest absolute Gasteiger partial charge is 0.396 e. The number of aliphatic hydroxyl groups is 1. The van der Waals surface area contributed by atoms with Crippen LogP contribution in [0.1, 0.15) is 5.56 Å². The van der Waals surface area contributed by atoms with Crippen molar-refractivity contribution in [1.82, 2.24) is 0 Å². The van der Waals surface area contributed by atoms with Crippen molar-refractivity contribution in [2.24, 2.45) is 0 Å². The number of carbonyl (C=O) groups is 2. The first-order valence-corrected chi connectivity index (χ1v) is 8.50. The quantitative estimate of drug-likeness (QED) is 0.811. The van der Waals surface area contributed by atoms with Gasteiger partial charge in [-0.3, -0.25) is 9.59 Å². The van der Waals surface area contributed by atoms with Gasteiger partial charge in [0, 0.05) is 11.8 Å². The summed E-state index contributed by atoms with van der Waals surface area (Å²) in [5.74, 6) is -3.80. The summed E-state index contributed by atoms with van der Waals surface area (Å²) in [6.07, 6.45) is 0. The highest BCUT2D eigenvalue weighted by molar-refractivity contribution is 8.04. The topological polar surface area (TPSA) is 57.6 Å². The Labute approximate surface area is 150 Å². The third-order valence-corrected chi connectivity index (χ3v) is 4.72. The molecule has 2 aromatic rings. The first kappa shape index (κ1) is 18.2. The van der Waals surface area contributed by atoms with E-state index < -0.39 is 35.0 Å². The number of amides is 2. The highest BCUT2D eigenvalue weighted by atomic mass is 32.2. The summed E-state index contributed by atoms with van der Waals surface area (Å²) in [4.78, 5) is 26.1. The maximum atomic E-state index is 14.1. The van der Waals surface area contributed by atoms with Gasteiger partial charge in [-0.1, -0.05) is 12.1 Å². The van der Waals surface area contributed by atoms with Gasteiger partial charge in [0.2, 0.25) is 0 Å². The van der Waals surface area contributed by atoms with E-state index in [0.29, 0.717) is 4.90 Å². The zero-order chi connectivity index (χ0) is 18.8. The zero-order valence-electron chi connectivity index (χ0n) is 13.2. The van der Waals surface area contributed by atoms with Crippen LogP contribution in [0.25, 0.3) is 5.57 Å². The van der Waals surface area contributed by atoms with Crippen LogP contribution in [0.2, 0.25) is 0 Å². The predicted octanol–water partition coefficient (Wildman–Crippen LogP) is 3.11. The SMILES string of the molecule is O=C1C(SCCO)=C(c2ccc(F)cc2)C(=O)N1c1cc(F)ccc1F. The van der Waals surface area contributed by atoms with Crippen LogP contribution in [0.3, 0.4) is 0 Å². The fraction of sp³-hybridized carbons (Fsp3) is 0.111. The number of hydrogen-bond acceptors (Lipinski definition) is 4. The molecule has 0 unspecified atom stereocenters. The van der Waals surface area contributed by atoms with Gasteiger partial charge in [-0.2, -0.15) is 0 Å². The van der Waals surface area contributed by atoms with Crippen LogP contribution in [0.5, 0.6) is 0 Å². The van der Waals surface area contributed by atoms with Gasteiger partial charge in [0.1, 0.15) is 17.5 Å². The second-order valence-corrected chi connectivity index (χ2v) is 6.43. The molecule has 1 aliphatic heterocycles. The minimum atomic E-state index is -0.931. The van der Waals surface area contributed by atoms with Crippen LogP contribution < -0.4 is 4.90 Å². The summed E-state index contributed by atoms with van der Waals surface area (Å²) < 4.78 is 40.8. The smallest absolute Gasteiger partial charge is 0.272 e. The van der Waals surface area contributed by atoms with E-state index in [1.54, 1.807) is 0 Å². The Morgan fingerprint density at radius 3 is 2.23 bits per heavy atom. The van der Waals surface area contributed by atoms with E-state index in [9.17, 15) is 22.8 Å². The van der Waals surface area contributed by atoms with E-state index in [0.717, 1.165) is 42.1 Å². The number of anilines is 1. The van der Waals surface area contributed by atoms with Crippen molar-refractivity contribution in [2.75, 3.05) is 17.3 Å². The number of hydrogen-bond donors (Lipinski definition) is 1. The van der Waals surface area contributed by atoms with Crippen LogP contribution in [0, 0.1) is 17.5 Å². The lowest BCUT2D eigenvalue weighted by atomic mass is 10.1. The van der Waals surface area contributed by atoms with Gasteiger partial charge in [0.25, 0.3) is 11.8 Å². The maximum absolute atomic E-state index is 14.1. The number of rotatable bonds is 5. The van der Waals surface area contributed by atoms with Gasteiger partial charge in [0.05, 0.1) is 22.8 Å². The zero-order valence-corrected chi connectivity index (χ0v) is 14.0. The molecule has 1 heterocycles. The first-order chi connectivity index (χ1) is 12.4. The maximum Gasteiger partial charge on any atom is 0.272 e. The first-order valence-electron chi connectivity index (χ1n) is 7.51. The molecule has 0 saturated carbocycles. The lowest BCUT2D eigenvalue weighted by Gasteiger charge is -2.16. The van der Waals surface area contributed by atoms with Crippen molar-refractivity contribution in [2.45, 2.75) is 0 Å². The van der Waals surface area contributed by atoms with E-state index in [1.807, 2.05) is 0 Å². The number of carbonyl (C=O) groups excluding carboxylic acids is 2. The van der Waals surface area contributed by atoms with Gasteiger partial charge < -0.3 is 5.11 Å². The summed E-state index contributed by atoms with van der Waals surface area (Å²) in [6.45, 7) is -0.249. The molecule has 1 aliphatic rings. The molecule has 134 valence electrons. The number of nitrogens with zero attached hydrogens (tertiary/aromatic N) is 1. The molecule has 0 bridgehead atoms. The molecular weight excluding hydrogens is 367 g/mol. The van der Waals surface area contributed by atoms with E-state index in [2.05, 4.69) is 0 Å². The fourth-order valence-corrected chi connectivity index (χ4v) is 3.40. The molecule has 2 aromatic carbocycles. The van der Waals surface area contributed by atoms with Gasteiger partial charge >= 0.3 is 0 Å². The molecule has 0 atom stereocenters. The molecule has 0 radical (unpaired) electrons. The molecule has 0 saturated heterocycles.